The van der Waals surface area contributed by atoms with Crippen molar-refractivity contribution in [3.63, 3.8) is 0 Å². The summed E-state index contributed by atoms with van der Waals surface area (Å²) in [7, 11) is -7.40. The van der Waals surface area contributed by atoms with Gasteiger partial charge in [0.1, 0.15) is 0 Å². The van der Waals surface area contributed by atoms with Crippen LogP contribution < -0.4 is 0 Å². The average molecular weight is 447 g/mol. The first-order chi connectivity index (χ1) is 14.4. The molecule has 1 heterocycles. The molecule has 0 bridgehead atoms. The van der Waals surface area contributed by atoms with Crippen LogP contribution in [0, 0.1) is 0 Å². The van der Waals surface area contributed by atoms with Crippen molar-refractivity contribution in [2.24, 2.45) is 0 Å². The quantitative estimate of drug-likeness (QED) is 0.612. The van der Waals surface area contributed by atoms with Crippen molar-refractivity contribution in [3.8, 4) is 0 Å². The van der Waals surface area contributed by atoms with Gasteiger partial charge in [0.15, 0.2) is 0 Å². The second kappa shape index (κ2) is 8.26. The zero-order valence-corrected chi connectivity index (χ0v) is 18.4. The van der Waals surface area contributed by atoms with Crippen molar-refractivity contribution in [1.29, 1.82) is 0 Å². The molecule has 1 saturated heterocycles. The van der Waals surface area contributed by atoms with E-state index in [1.807, 2.05) is 24.3 Å². The number of hydrogen-bond acceptors (Lipinski definition) is 4. The van der Waals surface area contributed by atoms with Gasteiger partial charge in [-0.2, -0.15) is 8.61 Å². The van der Waals surface area contributed by atoms with Crippen molar-refractivity contribution >= 4 is 20.0 Å². The highest BCUT2D eigenvalue weighted by molar-refractivity contribution is 7.89. The standard InChI is InChI=1S/C22H26N2O4S2/c1-2-15-24(22-14-9-18-7-3-4-8-21(18)22)30(27,28)20-12-10-19(11-13-20)29(25,26)23-16-5-6-17-23/h2-4,7-8,10-13,22H,1,5-6,9,14-17H2. The number of rotatable bonds is 7. The Balaban J connectivity index is 1.65. The molecule has 1 aliphatic carbocycles. The highest BCUT2D eigenvalue weighted by atomic mass is 32.2. The molecule has 0 aromatic heterocycles. The van der Waals surface area contributed by atoms with Crippen molar-refractivity contribution in [2.45, 2.75) is 41.5 Å². The van der Waals surface area contributed by atoms with Crippen molar-refractivity contribution in [2.75, 3.05) is 19.6 Å². The van der Waals surface area contributed by atoms with E-state index >= 15 is 0 Å². The van der Waals surface area contributed by atoms with Gasteiger partial charge in [0.2, 0.25) is 20.0 Å². The highest BCUT2D eigenvalue weighted by Crippen LogP contribution is 2.38. The summed E-state index contributed by atoms with van der Waals surface area (Å²) in [5.74, 6) is 0. The Morgan fingerprint density at radius 2 is 1.60 bits per heavy atom. The maximum Gasteiger partial charge on any atom is 0.243 e. The average Bonchev–Trinajstić information content (AvgIpc) is 3.43. The van der Waals surface area contributed by atoms with Gasteiger partial charge in [0.05, 0.1) is 15.8 Å². The third kappa shape index (κ3) is 3.73. The lowest BCUT2D eigenvalue weighted by Crippen LogP contribution is -2.34. The van der Waals surface area contributed by atoms with Crippen LogP contribution in [0.3, 0.4) is 0 Å². The molecule has 0 saturated carbocycles. The molecule has 1 fully saturated rings. The molecule has 2 aromatic carbocycles. The van der Waals surface area contributed by atoms with Gasteiger partial charge in [-0.1, -0.05) is 30.3 Å². The molecule has 6 nitrogen and oxygen atoms in total. The number of hydrogen-bond donors (Lipinski definition) is 0. The first-order valence-corrected chi connectivity index (χ1v) is 13.0. The van der Waals surface area contributed by atoms with Crippen LogP contribution in [0.2, 0.25) is 0 Å². The minimum Gasteiger partial charge on any atom is -0.207 e. The topological polar surface area (TPSA) is 74.8 Å². The van der Waals surface area contributed by atoms with Crippen molar-refractivity contribution in [3.05, 3.63) is 72.3 Å². The Kier molecular flexibility index (Phi) is 5.85. The van der Waals surface area contributed by atoms with Gasteiger partial charge in [0, 0.05) is 19.6 Å². The van der Waals surface area contributed by atoms with Gasteiger partial charge < -0.3 is 0 Å². The smallest absolute Gasteiger partial charge is 0.207 e. The SMILES string of the molecule is C=CCN(C1CCc2ccccc21)S(=O)(=O)c1ccc(S(=O)(=O)N2CCCC2)cc1. The zero-order valence-electron chi connectivity index (χ0n) is 16.8. The molecule has 8 heteroatoms. The molecule has 2 aliphatic rings. The predicted molar refractivity (Wildman–Crippen MR) is 116 cm³/mol. The summed E-state index contributed by atoms with van der Waals surface area (Å²) in [5.41, 5.74) is 2.19. The number of benzene rings is 2. The van der Waals surface area contributed by atoms with E-state index in [1.54, 1.807) is 6.08 Å². The maximum atomic E-state index is 13.5. The molecule has 0 amide bonds. The fourth-order valence-electron chi connectivity index (χ4n) is 4.35. The molecular formula is C22H26N2O4S2. The van der Waals surface area contributed by atoms with E-state index in [0.717, 1.165) is 24.8 Å². The van der Waals surface area contributed by atoms with Crippen LogP contribution in [0.5, 0.6) is 0 Å². The summed E-state index contributed by atoms with van der Waals surface area (Å²) in [5, 5.41) is 0. The van der Waals surface area contributed by atoms with Crippen molar-refractivity contribution in [1.82, 2.24) is 8.61 Å². The summed E-state index contributed by atoms with van der Waals surface area (Å²) >= 11 is 0. The molecule has 160 valence electrons. The molecule has 1 unspecified atom stereocenters. The fraction of sp³-hybridized carbons (Fsp3) is 0.364. The van der Waals surface area contributed by atoms with Crippen LogP contribution in [0.4, 0.5) is 0 Å². The van der Waals surface area contributed by atoms with E-state index in [1.165, 1.54) is 38.4 Å². The van der Waals surface area contributed by atoms with Gasteiger partial charge in [0.25, 0.3) is 0 Å². The van der Waals surface area contributed by atoms with Crippen LogP contribution in [0.15, 0.2) is 71.0 Å². The summed E-state index contributed by atoms with van der Waals surface area (Å²) < 4.78 is 55.3. The summed E-state index contributed by atoms with van der Waals surface area (Å²) in [4.78, 5) is 0.221. The number of sulfonamides is 2. The van der Waals surface area contributed by atoms with E-state index in [4.69, 9.17) is 0 Å². The Bertz CT molecular complexity index is 1140. The summed E-state index contributed by atoms with van der Waals surface area (Å²) in [6, 6.07) is 13.2. The second-order valence-corrected chi connectivity index (χ2v) is 11.5. The molecule has 2 aromatic rings. The minimum atomic E-state index is -3.82. The van der Waals surface area contributed by atoms with Crippen LogP contribution in [-0.2, 0) is 26.5 Å². The van der Waals surface area contributed by atoms with Crippen molar-refractivity contribution < 1.29 is 16.8 Å². The summed E-state index contributed by atoms with van der Waals surface area (Å²) in [6.45, 7) is 4.95. The largest absolute Gasteiger partial charge is 0.243 e. The van der Waals surface area contributed by atoms with E-state index in [9.17, 15) is 16.8 Å². The Morgan fingerprint density at radius 1 is 0.967 bits per heavy atom. The molecule has 0 spiro atoms. The van der Waals surface area contributed by atoms with E-state index < -0.39 is 20.0 Å². The minimum absolute atomic E-state index is 0.0918. The van der Waals surface area contributed by atoms with E-state index in [2.05, 4.69) is 6.58 Å². The summed E-state index contributed by atoms with van der Waals surface area (Å²) in [6.07, 6.45) is 4.84. The lowest BCUT2D eigenvalue weighted by molar-refractivity contribution is 0.348. The molecule has 1 atom stereocenters. The molecule has 0 N–H and O–H groups in total. The first kappa shape index (κ1) is 21.2. The number of aryl methyl sites for hydroxylation is 1. The van der Waals surface area contributed by atoms with E-state index in [-0.39, 0.29) is 22.4 Å². The van der Waals surface area contributed by atoms with Gasteiger partial charge in [-0.25, -0.2) is 16.8 Å². The van der Waals surface area contributed by atoms with Gasteiger partial charge >= 0.3 is 0 Å². The van der Waals surface area contributed by atoms with Gasteiger partial charge in [-0.15, -0.1) is 6.58 Å². The van der Waals surface area contributed by atoms with Crippen LogP contribution in [0.25, 0.3) is 0 Å². The van der Waals surface area contributed by atoms with Gasteiger partial charge in [-0.05, 0) is 61.1 Å². The lowest BCUT2D eigenvalue weighted by atomic mass is 10.1. The molecule has 4 rings (SSSR count). The molecule has 0 radical (unpaired) electrons. The third-order valence-corrected chi connectivity index (χ3v) is 9.69. The van der Waals surface area contributed by atoms with E-state index in [0.29, 0.717) is 19.5 Å². The van der Waals surface area contributed by atoms with Crippen LogP contribution >= 0.6 is 0 Å². The maximum absolute atomic E-state index is 13.5. The fourth-order valence-corrected chi connectivity index (χ4v) is 7.47. The highest BCUT2D eigenvalue weighted by Gasteiger charge is 2.36. The monoisotopic (exact) mass is 446 g/mol. The Hall–Kier alpha value is -2.00. The molecule has 30 heavy (non-hydrogen) atoms. The number of nitrogens with zero attached hydrogens (tertiary/aromatic N) is 2. The second-order valence-electron chi connectivity index (χ2n) is 7.70. The molecule has 1 aliphatic heterocycles. The normalized spacial score (nSPS) is 19.8. The number of fused-ring (bicyclic) bond motifs is 1. The predicted octanol–water partition coefficient (Wildman–Crippen LogP) is 3.34. The zero-order chi connectivity index (χ0) is 21.4. The lowest BCUT2D eigenvalue weighted by Gasteiger charge is -2.28. The Morgan fingerprint density at radius 3 is 2.27 bits per heavy atom. The first-order valence-electron chi connectivity index (χ1n) is 10.2. The van der Waals surface area contributed by atoms with Crippen LogP contribution in [0.1, 0.15) is 36.4 Å². The Labute approximate surface area is 178 Å². The van der Waals surface area contributed by atoms with Gasteiger partial charge in [-0.3, -0.25) is 0 Å². The molecular weight excluding hydrogens is 420 g/mol. The third-order valence-electron chi connectivity index (χ3n) is 5.89. The van der Waals surface area contributed by atoms with Crippen LogP contribution in [-0.4, -0.2) is 45.1 Å².